The zero-order valence-corrected chi connectivity index (χ0v) is 9.97. The lowest BCUT2D eigenvalue weighted by Crippen LogP contribution is -2.45. The third-order valence-corrected chi connectivity index (χ3v) is 3.12. The normalized spacial score (nSPS) is 14.1. The van der Waals surface area contributed by atoms with Crippen molar-refractivity contribution in [3.63, 3.8) is 0 Å². The summed E-state index contributed by atoms with van der Waals surface area (Å²) in [5, 5.41) is 8.60. The van der Waals surface area contributed by atoms with E-state index in [0.29, 0.717) is 0 Å². The SMILES string of the molecule is CCNS(=O)(=O)NC(CC(=O)O)C(C)C. The molecule has 0 saturated carbocycles. The molecule has 0 aliphatic carbocycles. The summed E-state index contributed by atoms with van der Waals surface area (Å²) in [4.78, 5) is 10.5. The molecule has 0 aromatic carbocycles. The van der Waals surface area contributed by atoms with E-state index in [-0.39, 0.29) is 18.9 Å². The van der Waals surface area contributed by atoms with Crippen molar-refractivity contribution in [2.24, 2.45) is 5.92 Å². The molecule has 1 unspecified atom stereocenters. The second kappa shape index (κ2) is 6.04. The molecule has 0 aromatic rings. The molecule has 0 spiro atoms. The first-order valence-corrected chi connectivity index (χ1v) is 6.25. The van der Waals surface area contributed by atoms with Crippen LogP contribution in [-0.2, 0) is 15.0 Å². The molecule has 0 rings (SSSR count). The fourth-order valence-electron chi connectivity index (χ4n) is 1.03. The highest BCUT2D eigenvalue weighted by Crippen LogP contribution is 2.06. The average Bonchev–Trinajstić information content (AvgIpc) is 2.00. The van der Waals surface area contributed by atoms with Gasteiger partial charge in [-0.1, -0.05) is 20.8 Å². The quantitative estimate of drug-likeness (QED) is 0.578. The highest BCUT2D eigenvalue weighted by Gasteiger charge is 2.22. The predicted molar refractivity (Wildman–Crippen MR) is 56.6 cm³/mol. The van der Waals surface area contributed by atoms with Crippen LogP contribution in [0, 0.1) is 5.92 Å². The highest BCUT2D eigenvalue weighted by atomic mass is 32.2. The summed E-state index contributed by atoms with van der Waals surface area (Å²) < 4.78 is 27.2. The Kier molecular flexibility index (Phi) is 5.77. The minimum Gasteiger partial charge on any atom is -0.481 e. The minimum absolute atomic E-state index is 0.0745. The van der Waals surface area contributed by atoms with Crippen molar-refractivity contribution in [2.75, 3.05) is 6.54 Å². The zero-order chi connectivity index (χ0) is 12.1. The largest absolute Gasteiger partial charge is 0.481 e. The van der Waals surface area contributed by atoms with Crippen LogP contribution in [0.2, 0.25) is 0 Å². The maximum absolute atomic E-state index is 11.3. The monoisotopic (exact) mass is 238 g/mol. The molecule has 15 heavy (non-hydrogen) atoms. The van der Waals surface area contributed by atoms with Crippen LogP contribution in [0.25, 0.3) is 0 Å². The number of carboxylic acids is 1. The first kappa shape index (κ1) is 14.3. The first-order chi connectivity index (χ1) is 6.78. The van der Waals surface area contributed by atoms with E-state index in [4.69, 9.17) is 5.11 Å². The predicted octanol–water partition coefficient (Wildman–Crippen LogP) is -0.0704. The van der Waals surface area contributed by atoms with E-state index in [2.05, 4.69) is 9.44 Å². The molecule has 6 nitrogen and oxygen atoms in total. The van der Waals surface area contributed by atoms with Gasteiger partial charge >= 0.3 is 5.97 Å². The number of hydrogen-bond acceptors (Lipinski definition) is 3. The van der Waals surface area contributed by atoms with Crippen molar-refractivity contribution in [1.29, 1.82) is 0 Å². The van der Waals surface area contributed by atoms with Crippen molar-refractivity contribution in [3.8, 4) is 0 Å². The number of carboxylic acid groups (broad SMARTS) is 1. The molecule has 3 N–H and O–H groups in total. The van der Waals surface area contributed by atoms with Crippen LogP contribution in [0.3, 0.4) is 0 Å². The summed E-state index contributed by atoms with van der Waals surface area (Å²) in [6.45, 7) is 5.46. The van der Waals surface area contributed by atoms with E-state index in [0.717, 1.165) is 0 Å². The molecule has 1 atom stereocenters. The first-order valence-electron chi connectivity index (χ1n) is 4.77. The van der Waals surface area contributed by atoms with E-state index in [1.54, 1.807) is 20.8 Å². The molecule has 0 heterocycles. The molecule has 0 amide bonds. The van der Waals surface area contributed by atoms with Crippen molar-refractivity contribution < 1.29 is 18.3 Å². The minimum atomic E-state index is -3.58. The summed E-state index contributed by atoms with van der Waals surface area (Å²) in [5.74, 6) is -1.09. The third kappa shape index (κ3) is 6.43. The van der Waals surface area contributed by atoms with E-state index in [1.807, 2.05) is 0 Å². The number of hydrogen-bond donors (Lipinski definition) is 3. The number of carbonyl (C=O) groups is 1. The Hall–Kier alpha value is -0.660. The smallest absolute Gasteiger partial charge is 0.304 e. The lowest BCUT2D eigenvalue weighted by Gasteiger charge is -2.20. The maximum Gasteiger partial charge on any atom is 0.304 e. The van der Waals surface area contributed by atoms with Crippen LogP contribution in [0.4, 0.5) is 0 Å². The van der Waals surface area contributed by atoms with Crippen LogP contribution in [0.1, 0.15) is 27.2 Å². The molecular weight excluding hydrogens is 220 g/mol. The summed E-state index contributed by atoms with van der Waals surface area (Å²) in [6.07, 6.45) is -0.220. The lowest BCUT2D eigenvalue weighted by molar-refractivity contribution is -0.137. The van der Waals surface area contributed by atoms with Gasteiger partial charge in [-0.15, -0.1) is 0 Å². The summed E-state index contributed by atoms with van der Waals surface area (Å²) in [7, 11) is -3.58. The fraction of sp³-hybridized carbons (Fsp3) is 0.875. The van der Waals surface area contributed by atoms with Gasteiger partial charge in [0, 0.05) is 12.6 Å². The summed E-state index contributed by atoms with van der Waals surface area (Å²) >= 11 is 0. The fourth-order valence-corrected chi connectivity index (χ4v) is 2.25. The van der Waals surface area contributed by atoms with Crippen LogP contribution < -0.4 is 9.44 Å². The highest BCUT2D eigenvalue weighted by molar-refractivity contribution is 7.87. The number of nitrogens with one attached hydrogen (secondary N) is 2. The lowest BCUT2D eigenvalue weighted by atomic mass is 10.0. The van der Waals surface area contributed by atoms with Crippen molar-refractivity contribution in [2.45, 2.75) is 33.2 Å². The molecule has 0 aliphatic heterocycles. The van der Waals surface area contributed by atoms with Gasteiger partial charge in [0.1, 0.15) is 0 Å². The van der Waals surface area contributed by atoms with Crippen LogP contribution in [0.5, 0.6) is 0 Å². The van der Waals surface area contributed by atoms with Gasteiger partial charge in [-0.25, -0.2) is 4.72 Å². The van der Waals surface area contributed by atoms with E-state index >= 15 is 0 Å². The van der Waals surface area contributed by atoms with E-state index < -0.39 is 22.2 Å². The molecule has 0 fully saturated rings. The van der Waals surface area contributed by atoms with Gasteiger partial charge in [-0.2, -0.15) is 13.1 Å². The van der Waals surface area contributed by atoms with Gasteiger partial charge in [0.2, 0.25) is 0 Å². The Morgan fingerprint density at radius 3 is 2.27 bits per heavy atom. The number of rotatable bonds is 7. The molecule has 0 aliphatic rings. The molecule has 0 radical (unpaired) electrons. The van der Waals surface area contributed by atoms with E-state index in [9.17, 15) is 13.2 Å². The van der Waals surface area contributed by atoms with Crippen LogP contribution in [0.15, 0.2) is 0 Å². The Morgan fingerprint density at radius 1 is 1.40 bits per heavy atom. The second-order valence-electron chi connectivity index (χ2n) is 3.57. The molecule has 0 bridgehead atoms. The zero-order valence-electron chi connectivity index (χ0n) is 9.15. The third-order valence-electron chi connectivity index (χ3n) is 1.84. The van der Waals surface area contributed by atoms with Gasteiger partial charge in [0.15, 0.2) is 0 Å². The van der Waals surface area contributed by atoms with Crippen LogP contribution in [-0.4, -0.2) is 32.1 Å². The second-order valence-corrected chi connectivity index (χ2v) is 5.10. The Labute approximate surface area is 90.2 Å². The Bertz CT molecular complexity index is 300. The van der Waals surface area contributed by atoms with Crippen LogP contribution >= 0.6 is 0 Å². The van der Waals surface area contributed by atoms with E-state index in [1.165, 1.54) is 0 Å². The standard InChI is InChI=1S/C8H18N2O4S/c1-4-9-15(13,14)10-7(6(2)3)5-8(11)12/h6-7,9-10H,4-5H2,1-3H3,(H,11,12). The molecule has 7 heteroatoms. The Balaban J connectivity index is 4.47. The van der Waals surface area contributed by atoms with Crippen molar-refractivity contribution >= 4 is 16.2 Å². The molecule has 90 valence electrons. The van der Waals surface area contributed by atoms with Crippen molar-refractivity contribution in [3.05, 3.63) is 0 Å². The van der Waals surface area contributed by atoms with Gasteiger partial charge in [-0.05, 0) is 5.92 Å². The topological polar surface area (TPSA) is 95.5 Å². The van der Waals surface area contributed by atoms with Gasteiger partial charge in [0.25, 0.3) is 10.2 Å². The Morgan fingerprint density at radius 2 is 1.93 bits per heavy atom. The van der Waals surface area contributed by atoms with Gasteiger partial charge in [-0.3, -0.25) is 4.79 Å². The van der Waals surface area contributed by atoms with Gasteiger partial charge in [0.05, 0.1) is 6.42 Å². The average molecular weight is 238 g/mol. The summed E-state index contributed by atoms with van der Waals surface area (Å²) in [6, 6.07) is -0.591. The van der Waals surface area contributed by atoms with Gasteiger partial charge < -0.3 is 5.11 Å². The maximum atomic E-state index is 11.3. The van der Waals surface area contributed by atoms with Crippen molar-refractivity contribution in [1.82, 2.24) is 9.44 Å². The molecule has 0 aromatic heterocycles. The number of aliphatic carboxylic acids is 1. The molecule has 0 saturated heterocycles. The molecular formula is C8H18N2O4S. The summed E-state index contributed by atoms with van der Waals surface area (Å²) in [5.41, 5.74) is 0.